The smallest absolute Gasteiger partial charge is 0.123 e. The summed E-state index contributed by atoms with van der Waals surface area (Å²) in [4.78, 5) is 1.24. The van der Waals surface area contributed by atoms with Crippen molar-refractivity contribution in [3.8, 4) is 0 Å². The van der Waals surface area contributed by atoms with Crippen LogP contribution in [0.3, 0.4) is 0 Å². The van der Waals surface area contributed by atoms with Crippen LogP contribution in [0.5, 0.6) is 0 Å². The van der Waals surface area contributed by atoms with E-state index < -0.39 is 0 Å². The molecular weight excluding hydrogens is 281 g/mol. The monoisotopic (exact) mass is 303 g/mol. The van der Waals surface area contributed by atoms with Crippen molar-refractivity contribution >= 4 is 17.4 Å². The highest BCUT2D eigenvalue weighted by Gasteiger charge is 2.11. The zero-order valence-corrected chi connectivity index (χ0v) is 13.4. The van der Waals surface area contributed by atoms with E-state index in [0.29, 0.717) is 0 Å². The molecule has 3 heteroatoms. The number of benzene rings is 2. The molecule has 1 atom stereocenters. The maximum absolute atomic E-state index is 13.1. The van der Waals surface area contributed by atoms with Crippen molar-refractivity contribution in [3.63, 3.8) is 0 Å². The Hall–Kier alpha value is -1.48. The molecule has 0 aliphatic carbocycles. The third kappa shape index (κ3) is 4.78. The molecule has 0 fully saturated rings. The summed E-state index contributed by atoms with van der Waals surface area (Å²) in [6.45, 7) is 2.19. The SMILES string of the molecule is CCCCC(Nc1cccc(SC)c1)c1ccc(F)cc1. The minimum absolute atomic E-state index is 0.183. The summed E-state index contributed by atoms with van der Waals surface area (Å²) in [5.41, 5.74) is 2.26. The summed E-state index contributed by atoms with van der Waals surface area (Å²) in [6, 6.07) is 15.5. The molecule has 0 aliphatic rings. The number of thioether (sulfide) groups is 1. The van der Waals surface area contributed by atoms with Gasteiger partial charge in [-0.05, 0) is 48.6 Å². The van der Waals surface area contributed by atoms with Gasteiger partial charge in [0.15, 0.2) is 0 Å². The van der Waals surface area contributed by atoms with Crippen LogP contribution in [0.4, 0.5) is 10.1 Å². The molecule has 1 N–H and O–H groups in total. The summed E-state index contributed by atoms with van der Waals surface area (Å²) in [5.74, 6) is -0.183. The second kappa shape index (κ2) is 8.08. The molecule has 2 aromatic rings. The van der Waals surface area contributed by atoms with Crippen molar-refractivity contribution in [1.82, 2.24) is 0 Å². The molecule has 0 saturated heterocycles. The van der Waals surface area contributed by atoms with E-state index in [1.54, 1.807) is 11.8 Å². The van der Waals surface area contributed by atoms with E-state index in [2.05, 4.69) is 42.8 Å². The molecule has 112 valence electrons. The highest BCUT2D eigenvalue weighted by molar-refractivity contribution is 7.98. The predicted molar refractivity (Wildman–Crippen MR) is 90.5 cm³/mol. The van der Waals surface area contributed by atoms with Crippen LogP contribution in [-0.2, 0) is 0 Å². The van der Waals surface area contributed by atoms with Crippen LogP contribution >= 0.6 is 11.8 Å². The highest BCUT2D eigenvalue weighted by Crippen LogP contribution is 2.27. The van der Waals surface area contributed by atoms with Crippen molar-refractivity contribution in [3.05, 3.63) is 59.9 Å². The number of anilines is 1. The summed E-state index contributed by atoms with van der Waals surface area (Å²) in [5, 5.41) is 3.59. The van der Waals surface area contributed by atoms with Crippen LogP contribution in [0.25, 0.3) is 0 Å². The molecule has 21 heavy (non-hydrogen) atoms. The lowest BCUT2D eigenvalue weighted by Crippen LogP contribution is -2.11. The molecule has 1 unspecified atom stereocenters. The van der Waals surface area contributed by atoms with Gasteiger partial charge in [0.05, 0.1) is 6.04 Å². The fourth-order valence-electron chi connectivity index (χ4n) is 2.34. The summed E-state index contributed by atoms with van der Waals surface area (Å²) in [7, 11) is 0. The van der Waals surface area contributed by atoms with E-state index in [9.17, 15) is 4.39 Å². The standard InChI is InChI=1S/C18H22FNS/c1-3-4-8-18(14-9-11-15(19)12-10-14)20-16-6-5-7-17(13-16)21-2/h5-7,9-13,18,20H,3-4,8H2,1-2H3. The van der Waals surface area contributed by atoms with Crippen LogP contribution in [0.2, 0.25) is 0 Å². The van der Waals surface area contributed by atoms with Crippen molar-refractivity contribution in [2.75, 3.05) is 11.6 Å². The Balaban J connectivity index is 2.17. The van der Waals surface area contributed by atoms with Gasteiger partial charge in [-0.3, -0.25) is 0 Å². The Morgan fingerprint density at radius 1 is 1.14 bits per heavy atom. The number of halogens is 1. The molecule has 0 radical (unpaired) electrons. The first-order valence-electron chi connectivity index (χ1n) is 7.39. The average Bonchev–Trinajstić information content (AvgIpc) is 2.52. The van der Waals surface area contributed by atoms with Gasteiger partial charge < -0.3 is 5.32 Å². The second-order valence-corrected chi connectivity index (χ2v) is 6.00. The minimum atomic E-state index is -0.183. The third-order valence-electron chi connectivity index (χ3n) is 3.53. The average molecular weight is 303 g/mol. The van der Waals surface area contributed by atoms with Gasteiger partial charge in [0.1, 0.15) is 5.82 Å². The molecule has 2 aromatic carbocycles. The van der Waals surface area contributed by atoms with Crippen molar-refractivity contribution in [2.45, 2.75) is 37.1 Å². The molecular formula is C18H22FNS. The molecule has 0 aliphatic heterocycles. The summed E-state index contributed by atoms with van der Waals surface area (Å²) in [6.07, 6.45) is 5.43. The van der Waals surface area contributed by atoms with Gasteiger partial charge in [0.25, 0.3) is 0 Å². The van der Waals surface area contributed by atoms with Gasteiger partial charge >= 0.3 is 0 Å². The molecule has 0 spiro atoms. The van der Waals surface area contributed by atoms with E-state index >= 15 is 0 Å². The number of unbranched alkanes of at least 4 members (excludes halogenated alkanes) is 1. The maximum Gasteiger partial charge on any atom is 0.123 e. The van der Waals surface area contributed by atoms with E-state index in [1.165, 1.54) is 17.0 Å². The number of hydrogen-bond donors (Lipinski definition) is 1. The van der Waals surface area contributed by atoms with E-state index in [-0.39, 0.29) is 11.9 Å². The first-order chi connectivity index (χ1) is 10.2. The Kier molecular flexibility index (Phi) is 6.12. The van der Waals surface area contributed by atoms with Crippen molar-refractivity contribution in [2.24, 2.45) is 0 Å². The second-order valence-electron chi connectivity index (χ2n) is 5.12. The lowest BCUT2D eigenvalue weighted by atomic mass is 10.0. The van der Waals surface area contributed by atoms with Gasteiger partial charge in [-0.15, -0.1) is 11.8 Å². The molecule has 1 nitrogen and oxygen atoms in total. The normalized spacial score (nSPS) is 12.1. The van der Waals surface area contributed by atoms with Gasteiger partial charge in [0, 0.05) is 10.6 Å². The van der Waals surface area contributed by atoms with Crippen LogP contribution in [0.1, 0.15) is 37.8 Å². The summed E-state index contributed by atoms with van der Waals surface area (Å²) >= 11 is 1.74. The Morgan fingerprint density at radius 3 is 2.57 bits per heavy atom. The topological polar surface area (TPSA) is 12.0 Å². The fourth-order valence-corrected chi connectivity index (χ4v) is 2.80. The number of hydrogen-bond acceptors (Lipinski definition) is 2. The van der Waals surface area contributed by atoms with Crippen molar-refractivity contribution < 1.29 is 4.39 Å². The first kappa shape index (κ1) is 15.9. The van der Waals surface area contributed by atoms with E-state index in [1.807, 2.05) is 12.1 Å². The van der Waals surface area contributed by atoms with Crippen molar-refractivity contribution in [1.29, 1.82) is 0 Å². The molecule has 0 saturated carbocycles. The quantitative estimate of drug-likeness (QED) is 0.640. The largest absolute Gasteiger partial charge is 0.378 e. The van der Waals surface area contributed by atoms with E-state index in [4.69, 9.17) is 0 Å². The van der Waals surface area contributed by atoms with Crippen LogP contribution < -0.4 is 5.32 Å². The first-order valence-corrected chi connectivity index (χ1v) is 8.61. The third-order valence-corrected chi connectivity index (χ3v) is 4.25. The molecule has 0 heterocycles. The van der Waals surface area contributed by atoms with Crippen LogP contribution in [0.15, 0.2) is 53.4 Å². The maximum atomic E-state index is 13.1. The molecule has 2 rings (SSSR count). The van der Waals surface area contributed by atoms with Crippen LogP contribution in [-0.4, -0.2) is 6.26 Å². The lowest BCUT2D eigenvalue weighted by molar-refractivity contribution is 0.616. The molecule has 0 amide bonds. The Labute approximate surface area is 131 Å². The van der Waals surface area contributed by atoms with Gasteiger partial charge in [-0.25, -0.2) is 4.39 Å². The predicted octanol–water partition coefficient (Wildman–Crippen LogP) is 5.89. The van der Waals surface area contributed by atoms with Crippen LogP contribution in [0, 0.1) is 5.82 Å². The lowest BCUT2D eigenvalue weighted by Gasteiger charge is -2.21. The fraction of sp³-hybridized carbons (Fsp3) is 0.333. The number of nitrogens with one attached hydrogen (secondary N) is 1. The molecule has 0 bridgehead atoms. The highest BCUT2D eigenvalue weighted by atomic mass is 32.2. The zero-order valence-electron chi connectivity index (χ0n) is 12.6. The number of rotatable bonds is 7. The van der Waals surface area contributed by atoms with E-state index in [0.717, 1.165) is 30.5 Å². The minimum Gasteiger partial charge on any atom is -0.378 e. The van der Waals surface area contributed by atoms with Gasteiger partial charge in [-0.1, -0.05) is 38.0 Å². The Morgan fingerprint density at radius 2 is 1.90 bits per heavy atom. The van der Waals surface area contributed by atoms with Gasteiger partial charge in [-0.2, -0.15) is 0 Å². The Bertz CT molecular complexity index is 553. The van der Waals surface area contributed by atoms with Gasteiger partial charge in [0.2, 0.25) is 0 Å². The molecule has 0 aromatic heterocycles. The zero-order chi connectivity index (χ0) is 15.1. The summed E-state index contributed by atoms with van der Waals surface area (Å²) < 4.78 is 13.1.